The van der Waals surface area contributed by atoms with Crippen LogP contribution in [0.2, 0.25) is 0 Å². The fourth-order valence-electron chi connectivity index (χ4n) is 0.964. The van der Waals surface area contributed by atoms with E-state index in [1.165, 1.54) is 0 Å². The number of hydrogen-bond donors (Lipinski definition) is 2. The van der Waals surface area contributed by atoms with Crippen LogP contribution < -0.4 is 10.0 Å². The molecule has 0 aliphatic carbocycles. The monoisotopic (exact) mass is 201 g/mol. The van der Waals surface area contributed by atoms with Crippen molar-refractivity contribution in [1.29, 1.82) is 0 Å². The van der Waals surface area contributed by atoms with Gasteiger partial charge in [0.2, 0.25) is 0 Å². The number of rotatable bonds is 2. The third-order valence-electron chi connectivity index (χ3n) is 1.78. The number of aryl methyl sites for hydroxylation is 1. The maximum atomic E-state index is 10.8. The summed E-state index contributed by atoms with van der Waals surface area (Å²) in [5.74, 6) is 0.355. The van der Waals surface area contributed by atoms with E-state index in [2.05, 4.69) is 0 Å². The van der Waals surface area contributed by atoms with Gasteiger partial charge in [-0.25, -0.2) is 10.1 Å². The van der Waals surface area contributed by atoms with Crippen LogP contribution in [0.25, 0.3) is 0 Å². The standard InChI is InChI=1S/C8H12NO3P/c1-6-4-3-5-8(7(6)2)12-13(9,10)11/h3-5H,1-2H3,(H3,9,10,11). The van der Waals surface area contributed by atoms with Gasteiger partial charge in [0.25, 0.3) is 0 Å². The third-order valence-corrected chi connectivity index (χ3v) is 2.24. The molecule has 4 nitrogen and oxygen atoms in total. The summed E-state index contributed by atoms with van der Waals surface area (Å²) >= 11 is 0. The zero-order valence-electron chi connectivity index (χ0n) is 7.52. The van der Waals surface area contributed by atoms with E-state index in [0.717, 1.165) is 11.1 Å². The molecule has 0 radical (unpaired) electrons. The molecule has 0 bridgehead atoms. The molecule has 1 aromatic carbocycles. The first-order valence-corrected chi connectivity index (χ1v) is 5.42. The van der Waals surface area contributed by atoms with Gasteiger partial charge >= 0.3 is 7.75 Å². The van der Waals surface area contributed by atoms with Gasteiger partial charge in [0.15, 0.2) is 0 Å². The topological polar surface area (TPSA) is 72.5 Å². The molecule has 1 atom stereocenters. The van der Waals surface area contributed by atoms with Gasteiger partial charge in [-0.1, -0.05) is 12.1 Å². The Morgan fingerprint density at radius 3 is 2.62 bits per heavy atom. The molecular weight excluding hydrogens is 189 g/mol. The minimum absolute atomic E-state index is 0.355. The maximum Gasteiger partial charge on any atom is 0.453 e. The highest BCUT2D eigenvalue weighted by Crippen LogP contribution is 2.36. The summed E-state index contributed by atoms with van der Waals surface area (Å²) in [6.07, 6.45) is 0. The summed E-state index contributed by atoms with van der Waals surface area (Å²) in [5, 5.41) is 0. The second-order valence-corrected chi connectivity index (χ2v) is 4.16. The number of benzene rings is 1. The van der Waals surface area contributed by atoms with Crippen molar-refractivity contribution in [3.63, 3.8) is 0 Å². The highest BCUT2D eigenvalue weighted by molar-refractivity contribution is 7.50. The first-order chi connectivity index (χ1) is 5.90. The van der Waals surface area contributed by atoms with Gasteiger partial charge in [0.05, 0.1) is 0 Å². The molecule has 0 aliphatic heterocycles. The summed E-state index contributed by atoms with van der Waals surface area (Å²) in [5.41, 5.74) is 6.69. The van der Waals surface area contributed by atoms with E-state index in [-0.39, 0.29) is 0 Å². The zero-order chi connectivity index (χ0) is 10.1. The molecular formula is C8H12NO3P. The average Bonchev–Trinajstić information content (AvgIpc) is 1.96. The van der Waals surface area contributed by atoms with Crippen LogP contribution >= 0.6 is 7.75 Å². The van der Waals surface area contributed by atoms with Gasteiger partial charge < -0.3 is 9.42 Å². The number of hydrogen-bond acceptors (Lipinski definition) is 2. The predicted octanol–water partition coefficient (Wildman–Crippen LogP) is 1.74. The van der Waals surface area contributed by atoms with Crippen LogP contribution in [0.1, 0.15) is 11.1 Å². The molecule has 0 heterocycles. The summed E-state index contributed by atoms with van der Waals surface area (Å²) in [6.45, 7) is 3.70. The van der Waals surface area contributed by atoms with Crippen molar-refractivity contribution in [1.82, 2.24) is 0 Å². The van der Waals surface area contributed by atoms with Crippen LogP contribution in [0.3, 0.4) is 0 Å². The van der Waals surface area contributed by atoms with Gasteiger partial charge in [0, 0.05) is 0 Å². The molecule has 3 N–H and O–H groups in total. The molecule has 1 aromatic rings. The van der Waals surface area contributed by atoms with Gasteiger partial charge in [-0.05, 0) is 31.0 Å². The first-order valence-electron chi connectivity index (χ1n) is 3.77. The molecule has 13 heavy (non-hydrogen) atoms. The highest BCUT2D eigenvalue weighted by atomic mass is 31.2. The first kappa shape index (κ1) is 10.3. The summed E-state index contributed by atoms with van der Waals surface area (Å²) in [6, 6.07) is 5.24. The van der Waals surface area contributed by atoms with Crippen LogP contribution in [-0.2, 0) is 4.57 Å². The number of nitrogens with two attached hydrogens (primary N) is 1. The Morgan fingerprint density at radius 2 is 2.08 bits per heavy atom. The van der Waals surface area contributed by atoms with Crippen LogP contribution in [0.5, 0.6) is 5.75 Å². The van der Waals surface area contributed by atoms with Gasteiger partial charge in [-0.15, -0.1) is 0 Å². The molecule has 0 aromatic heterocycles. The van der Waals surface area contributed by atoms with Crippen LogP contribution in [0, 0.1) is 13.8 Å². The molecule has 0 fully saturated rings. The lowest BCUT2D eigenvalue weighted by molar-refractivity contribution is 0.380. The van der Waals surface area contributed by atoms with Crippen molar-refractivity contribution in [2.24, 2.45) is 5.50 Å². The van der Waals surface area contributed by atoms with Crippen molar-refractivity contribution in [3.8, 4) is 5.75 Å². The minimum Gasteiger partial charge on any atom is -0.413 e. The minimum atomic E-state index is -3.93. The maximum absolute atomic E-state index is 10.8. The summed E-state index contributed by atoms with van der Waals surface area (Å²) < 4.78 is 15.5. The SMILES string of the molecule is Cc1cccc(OP(N)(=O)O)c1C. The Morgan fingerprint density at radius 1 is 1.46 bits per heavy atom. The Balaban J connectivity index is 3.03. The van der Waals surface area contributed by atoms with Crippen molar-refractivity contribution in [2.45, 2.75) is 13.8 Å². The molecule has 72 valence electrons. The lowest BCUT2D eigenvalue weighted by Crippen LogP contribution is -2.02. The van der Waals surface area contributed by atoms with Crippen molar-refractivity contribution < 1.29 is 14.0 Å². The van der Waals surface area contributed by atoms with E-state index in [1.807, 2.05) is 13.0 Å². The largest absolute Gasteiger partial charge is 0.453 e. The lowest BCUT2D eigenvalue weighted by Gasteiger charge is -2.11. The van der Waals surface area contributed by atoms with E-state index < -0.39 is 7.75 Å². The molecule has 5 heteroatoms. The van der Waals surface area contributed by atoms with Crippen LogP contribution in [0.15, 0.2) is 18.2 Å². The second-order valence-electron chi connectivity index (χ2n) is 2.85. The lowest BCUT2D eigenvalue weighted by atomic mass is 10.1. The van der Waals surface area contributed by atoms with Crippen molar-refractivity contribution in [2.75, 3.05) is 0 Å². The molecule has 0 saturated carbocycles. The van der Waals surface area contributed by atoms with Crippen LogP contribution in [0.4, 0.5) is 0 Å². The van der Waals surface area contributed by atoms with Gasteiger partial charge in [0.1, 0.15) is 5.75 Å². The van der Waals surface area contributed by atoms with E-state index in [1.54, 1.807) is 19.1 Å². The van der Waals surface area contributed by atoms with Crippen molar-refractivity contribution >= 4 is 7.75 Å². The van der Waals surface area contributed by atoms with Crippen molar-refractivity contribution in [3.05, 3.63) is 29.3 Å². The summed E-state index contributed by atoms with van der Waals surface area (Å²) in [7, 11) is -3.93. The Bertz CT molecular complexity index is 358. The van der Waals surface area contributed by atoms with E-state index in [0.29, 0.717) is 5.75 Å². The molecule has 1 unspecified atom stereocenters. The van der Waals surface area contributed by atoms with E-state index >= 15 is 0 Å². The molecule has 0 spiro atoms. The van der Waals surface area contributed by atoms with E-state index in [4.69, 9.17) is 14.9 Å². The quantitative estimate of drug-likeness (QED) is 0.715. The third kappa shape index (κ3) is 2.84. The second kappa shape index (κ2) is 3.50. The molecule has 0 amide bonds. The Kier molecular flexibility index (Phi) is 2.76. The van der Waals surface area contributed by atoms with Gasteiger partial charge in [-0.2, -0.15) is 0 Å². The fourth-order valence-corrected chi connectivity index (χ4v) is 1.44. The smallest absolute Gasteiger partial charge is 0.413 e. The normalized spacial score (nSPS) is 15.1. The fraction of sp³-hybridized carbons (Fsp3) is 0.250. The molecule has 0 aliphatic rings. The molecule has 0 saturated heterocycles. The Hall–Kier alpha value is -0.830. The summed E-state index contributed by atoms with van der Waals surface area (Å²) in [4.78, 5) is 8.80. The Labute approximate surface area is 76.9 Å². The van der Waals surface area contributed by atoms with E-state index in [9.17, 15) is 4.57 Å². The zero-order valence-corrected chi connectivity index (χ0v) is 8.41. The molecule has 1 rings (SSSR count). The average molecular weight is 201 g/mol. The predicted molar refractivity (Wildman–Crippen MR) is 50.6 cm³/mol. The highest BCUT2D eigenvalue weighted by Gasteiger charge is 2.14. The van der Waals surface area contributed by atoms with Gasteiger partial charge in [-0.3, -0.25) is 0 Å². The van der Waals surface area contributed by atoms with Crippen LogP contribution in [-0.4, -0.2) is 4.89 Å².